The Kier molecular flexibility index (Phi) is 5.08. The molecular weight excluding hydrogens is 300 g/mol. The van der Waals surface area contributed by atoms with Gasteiger partial charge in [0.2, 0.25) is 11.9 Å². The van der Waals surface area contributed by atoms with Gasteiger partial charge in [0.15, 0.2) is 0 Å². The zero-order valence-corrected chi connectivity index (χ0v) is 14.3. The van der Waals surface area contributed by atoms with Gasteiger partial charge in [-0.1, -0.05) is 30.3 Å². The van der Waals surface area contributed by atoms with Gasteiger partial charge in [0.25, 0.3) is 0 Å². The van der Waals surface area contributed by atoms with E-state index in [1.54, 1.807) is 0 Å². The molecule has 1 fully saturated rings. The molecule has 126 valence electrons. The molecule has 0 saturated carbocycles. The van der Waals surface area contributed by atoms with E-state index in [9.17, 15) is 4.79 Å². The molecule has 1 saturated heterocycles. The minimum Gasteiger partial charge on any atom is -0.354 e. The van der Waals surface area contributed by atoms with E-state index in [0.29, 0.717) is 0 Å². The first kappa shape index (κ1) is 16.4. The number of hydrogen-bond acceptors (Lipinski definition) is 4. The Balaban J connectivity index is 1.60. The van der Waals surface area contributed by atoms with Gasteiger partial charge in [-0.25, -0.2) is 9.97 Å². The fourth-order valence-electron chi connectivity index (χ4n) is 3.01. The summed E-state index contributed by atoms with van der Waals surface area (Å²) in [6.45, 7) is 5.63. The van der Waals surface area contributed by atoms with E-state index in [4.69, 9.17) is 0 Å². The maximum Gasteiger partial charge on any atom is 0.225 e. The Morgan fingerprint density at radius 1 is 1.08 bits per heavy atom. The Morgan fingerprint density at radius 3 is 2.29 bits per heavy atom. The second kappa shape index (κ2) is 7.43. The van der Waals surface area contributed by atoms with Crippen molar-refractivity contribution in [2.24, 2.45) is 5.92 Å². The molecule has 1 aromatic heterocycles. The highest BCUT2D eigenvalue weighted by Crippen LogP contribution is 2.23. The fraction of sp³-hybridized carbons (Fsp3) is 0.421. The molecule has 0 aliphatic carbocycles. The van der Waals surface area contributed by atoms with Crippen LogP contribution in [0.15, 0.2) is 42.7 Å². The van der Waals surface area contributed by atoms with E-state index in [2.05, 4.69) is 32.3 Å². The Morgan fingerprint density at radius 2 is 1.71 bits per heavy atom. The summed E-state index contributed by atoms with van der Waals surface area (Å²) in [5.74, 6) is 1.02. The molecule has 2 heterocycles. The van der Waals surface area contributed by atoms with Crippen LogP contribution in [0.2, 0.25) is 0 Å². The molecule has 24 heavy (non-hydrogen) atoms. The first-order chi connectivity index (χ1) is 11.6. The number of aromatic nitrogens is 2. The Hall–Kier alpha value is -2.43. The third kappa shape index (κ3) is 3.91. The molecule has 1 aliphatic heterocycles. The maximum absolute atomic E-state index is 12.1. The minimum atomic E-state index is 0.104. The molecule has 0 radical (unpaired) electrons. The number of hydrogen-bond donors (Lipinski definition) is 1. The van der Waals surface area contributed by atoms with Crippen molar-refractivity contribution in [1.82, 2.24) is 15.3 Å². The summed E-state index contributed by atoms with van der Waals surface area (Å²) in [4.78, 5) is 23.3. The highest BCUT2D eigenvalue weighted by atomic mass is 16.1. The number of nitrogens with one attached hydrogen (secondary N) is 1. The van der Waals surface area contributed by atoms with Crippen LogP contribution in [0.25, 0.3) is 11.1 Å². The second-order valence-electron chi connectivity index (χ2n) is 6.56. The van der Waals surface area contributed by atoms with Crippen LogP contribution < -0.4 is 10.2 Å². The first-order valence-corrected chi connectivity index (χ1v) is 8.56. The third-order valence-electron chi connectivity index (χ3n) is 4.32. The normalized spacial score (nSPS) is 15.5. The van der Waals surface area contributed by atoms with Crippen molar-refractivity contribution in [1.29, 1.82) is 0 Å². The zero-order chi connectivity index (χ0) is 16.9. The third-order valence-corrected chi connectivity index (χ3v) is 4.32. The lowest BCUT2D eigenvalue weighted by Crippen LogP contribution is -2.42. The van der Waals surface area contributed by atoms with Gasteiger partial charge >= 0.3 is 0 Å². The van der Waals surface area contributed by atoms with E-state index in [0.717, 1.165) is 43.0 Å². The number of rotatable bonds is 4. The van der Waals surface area contributed by atoms with Gasteiger partial charge in [0.05, 0.1) is 0 Å². The van der Waals surface area contributed by atoms with Crippen molar-refractivity contribution >= 4 is 11.9 Å². The van der Waals surface area contributed by atoms with Crippen molar-refractivity contribution < 1.29 is 4.79 Å². The monoisotopic (exact) mass is 324 g/mol. The van der Waals surface area contributed by atoms with Crippen LogP contribution in [-0.2, 0) is 4.79 Å². The average Bonchev–Trinajstić information content (AvgIpc) is 2.62. The van der Waals surface area contributed by atoms with Crippen LogP contribution in [0.5, 0.6) is 0 Å². The van der Waals surface area contributed by atoms with Crippen molar-refractivity contribution in [2.45, 2.75) is 32.7 Å². The molecular formula is C19H24N4O. The van der Waals surface area contributed by atoms with Crippen LogP contribution >= 0.6 is 0 Å². The van der Waals surface area contributed by atoms with Gasteiger partial charge in [0, 0.05) is 43.0 Å². The van der Waals surface area contributed by atoms with Gasteiger partial charge in [-0.3, -0.25) is 4.79 Å². The number of piperidine rings is 1. The number of carbonyl (C=O) groups excluding carboxylic acids is 1. The van der Waals surface area contributed by atoms with E-state index >= 15 is 0 Å². The van der Waals surface area contributed by atoms with Crippen LogP contribution in [0.3, 0.4) is 0 Å². The summed E-state index contributed by atoms with van der Waals surface area (Å²) >= 11 is 0. The quantitative estimate of drug-likeness (QED) is 0.939. The lowest BCUT2D eigenvalue weighted by atomic mass is 9.96. The van der Waals surface area contributed by atoms with Gasteiger partial charge in [0.1, 0.15) is 0 Å². The molecule has 0 spiro atoms. The number of anilines is 1. The van der Waals surface area contributed by atoms with Crippen LogP contribution in [0, 0.1) is 5.92 Å². The SMILES string of the molecule is CC(C)NC(=O)C1CCN(c2ncc(-c3ccccc3)cn2)CC1. The molecule has 0 bridgehead atoms. The summed E-state index contributed by atoms with van der Waals surface area (Å²) in [5, 5.41) is 3.00. The topological polar surface area (TPSA) is 58.1 Å². The largest absolute Gasteiger partial charge is 0.354 e. The van der Waals surface area contributed by atoms with Gasteiger partial charge < -0.3 is 10.2 Å². The summed E-state index contributed by atoms with van der Waals surface area (Å²) in [6, 6.07) is 10.3. The van der Waals surface area contributed by atoms with Gasteiger partial charge in [-0.2, -0.15) is 0 Å². The molecule has 2 aromatic rings. The lowest BCUT2D eigenvalue weighted by molar-refractivity contribution is -0.126. The Labute approximate surface area is 143 Å². The van der Waals surface area contributed by atoms with Gasteiger partial charge in [-0.05, 0) is 32.3 Å². The molecule has 0 atom stereocenters. The van der Waals surface area contributed by atoms with Crippen molar-refractivity contribution in [3.05, 3.63) is 42.7 Å². The Bertz CT molecular complexity index is 662. The number of carbonyl (C=O) groups is 1. The van der Waals surface area contributed by atoms with E-state index in [1.165, 1.54) is 0 Å². The molecule has 1 amide bonds. The second-order valence-corrected chi connectivity index (χ2v) is 6.56. The lowest BCUT2D eigenvalue weighted by Gasteiger charge is -2.31. The fourth-order valence-corrected chi connectivity index (χ4v) is 3.01. The molecule has 1 aromatic carbocycles. The molecule has 0 unspecified atom stereocenters. The highest BCUT2D eigenvalue weighted by Gasteiger charge is 2.26. The van der Waals surface area contributed by atoms with Crippen molar-refractivity contribution in [2.75, 3.05) is 18.0 Å². The van der Waals surface area contributed by atoms with Crippen LogP contribution in [-0.4, -0.2) is 35.0 Å². The summed E-state index contributed by atoms with van der Waals surface area (Å²) in [6.07, 6.45) is 5.44. The predicted octanol–water partition coefficient (Wildman–Crippen LogP) is 2.88. The van der Waals surface area contributed by atoms with E-state index in [-0.39, 0.29) is 17.9 Å². The van der Waals surface area contributed by atoms with E-state index < -0.39 is 0 Å². The standard InChI is InChI=1S/C19H24N4O/c1-14(2)22-18(24)16-8-10-23(11-9-16)19-20-12-17(13-21-19)15-6-4-3-5-7-15/h3-7,12-14,16H,8-11H2,1-2H3,(H,22,24). The maximum atomic E-state index is 12.1. The minimum absolute atomic E-state index is 0.104. The zero-order valence-electron chi connectivity index (χ0n) is 14.3. The first-order valence-electron chi connectivity index (χ1n) is 8.56. The molecule has 5 heteroatoms. The highest BCUT2D eigenvalue weighted by molar-refractivity contribution is 5.79. The molecule has 1 N–H and O–H groups in total. The van der Waals surface area contributed by atoms with Crippen molar-refractivity contribution in [3.8, 4) is 11.1 Å². The summed E-state index contributed by atoms with van der Waals surface area (Å²) < 4.78 is 0. The predicted molar refractivity (Wildman–Crippen MR) is 95.7 cm³/mol. The van der Waals surface area contributed by atoms with Crippen LogP contribution in [0.1, 0.15) is 26.7 Å². The number of benzene rings is 1. The van der Waals surface area contributed by atoms with Crippen LogP contribution in [0.4, 0.5) is 5.95 Å². The summed E-state index contributed by atoms with van der Waals surface area (Å²) in [7, 11) is 0. The van der Waals surface area contributed by atoms with E-state index in [1.807, 2.05) is 44.4 Å². The van der Waals surface area contributed by atoms with Crippen molar-refractivity contribution in [3.63, 3.8) is 0 Å². The number of nitrogens with zero attached hydrogens (tertiary/aromatic N) is 3. The molecule has 5 nitrogen and oxygen atoms in total. The number of amides is 1. The molecule has 1 aliphatic rings. The smallest absolute Gasteiger partial charge is 0.225 e. The average molecular weight is 324 g/mol. The van der Waals surface area contributed by atoms with Gasteiger partial charge in [-0.15, -0.1) is 0 Å². The molecule has 3 rings (SSSR count). The summed E-state index contributed by atoms with van der Waals surface area (Å²) in [5.41, 5.74) is 2.14.